The van der Waals surface area contributed by atoms with Gasteiger partial charge in [0.05, 0.1) is 18.8 Å². The molecule has 1 atom stereocenters. The summed E-state index contributed by atoms with van der Waals surface area (Å²) in [6.07, 6.45) is -0.413. The van der Waals surface area contributed by atoms with E-state index < -0.39 is 17.4 Å². The topological polar surface area (TPSA) is 64.7 Å². The first-order valence-corrected chi connectivity index (χ1v) is 9.22. The zero-order valence-corrected chi connectivity index (χ0v) is 15.9. The molecule has 1 aliphatic heterocycles. The number of carbonyl (C=O) groups excluding carboxylic acids is 1. The van der Waals surface area contributed by atoms with E-state index in [2.05, 4.69) is 0 Å². The van der Waals surface area contributed by atoms with Crippen LogP contribution in [-0.4, -0.2) is 22.2 Å². The predicted molar refractivity (Wildman–Crippen MR) is 104 cm³/mol. The van der Waals surface area contributed by atoms with Crippen molar-refractivity contribution < 1.29 is 13.9 Å². The molecule has 0 bridgehead atoms. The zero-order valence-electron chi connectivity index (χ0n) is 15.9. The third-order valence-corrected chi connectivity index (χ3v) is 5.29. The van der Waals surface area contributed by atoms with Gasteiger partial charge in [-0.25, -0.2) is 9.59 Å². The predicted octanol–water partition coefficient (Wildman–Crippen LogP) is 3.67. The SMILES string of the molecule is Cc1c(C2(C)COC(=O)N2Cc2ccccc2)oc(=O)n1Cc1ccccc1. The second-order valence-corrected chi connectivity index (χ2v) is 7.25. The number of hydrogen-bond acceptors (Lipinski definition) is 4. The van der Waals surface area contributed by atoms with Gasteiger partial charge in [0.1, 0.15) is 12.1 Å². The lowest BCUT2D eigenvalue weighted by atomic mass is 9.96. The number of ether oxygens (including phenoxy) is 1. The van der Waals surface area contributed by atoms with Gasteiger partial charge in [0.15, 0.2) is 5.76 Å². The molecular formula is C22H22N2O4. The lowest BCUT2D eigenvalue weighted by Crippen LogP contribution is -2.42. The Hall–Kier alpha value is -3.28. The van der Waals surface area contributed by atoms with Crippen LogP contribution in [0.15, 0.2) is 69.9 Å². The molecule has 1 fully saturated rings. The van der Waals surface area contributed by atoms with Crippen LogP contribution in [0.1, 0.15) is 29.5 Å². The van der Waals surface area contributed by atoms with E-state index in [4.69, 9.17) is 9.15 Å². The highest BCUT2D eigenvalue weighted by Gasteiger charge is 2.49. The molecule has 0 N–H and O–H groups in total. The van der Waals surface area contributed by atoms with Crippen LogP contribution in [0, 0.1) is 6.92 Å². The summed E-state index contributed by atoms with van der Waals surface area (Å²) < 4.78 is 12.6. The minimum absolute atomic E-state index is 0.137. The normalized spacial score (nSPS) is 19.1. The Morgan fingerprint density at radius 2 is 1.50 bits per heavy atom. The molecular weight excluding hydrogens is 356 g/mol. The van der Waals surface area contributed by atoms with Gasteiger partial charge in [-0.1, -0.05) is 60.7 Å². The lowest BCUT2D eigenvalue weighted by Gasteiger charge is -2.30. The van der Waals surface area contributed by atoms with E-state index in [1.807, 2.05) is 74.5 Å². The minimum atomic E-state index is -0.849. The maximum Gasteiger partial charge on any atom is 0.419 e. The van der Waals surface area contributed by atoms with E-state index in [0.29, 0.717) is 24.5 Å². The molecule has 144 valence electrons. The molecule has 1 unspecified atom stereocenters. The number of amides is 1. The van der Waals surface area contributed by atoms with Crippen LogP contribution >= 0.6 is 0 Å². The first-order chi connectivity index (χ1) is 13.5. The molecule has 0 saturated carbocycles. The van der Waals surface area contributed by atoms with Gasteiger partial charge >= 0.3 is 11.8 Å². The summed E-state index contributed by atoms with van der Waals surface area (Å²) in [6, 6.07) is 19.4. The molecule has 0 aliphatic carbocycles. The molecule has 3 aromatic rings. The highest BCUT2D eigenvalue weighted by Crippen LogP contribution is 2.37. The van der Waals surface area contributed by atoms with Crippen LogP contribution in [0.2, 0.25) is 0 Å². The average Bonchev–Trinajstić information content (AvgIpc) is 3.16. The molecule has 6 nitrogen and oxygen atoms in total. The van der Waals surface area contributed by atoms with Crippen molar-refractivity contribution in [1.82, 2.24) is 9.47 Å². The van der Waals surface area contributed by atoms with E-state index in [0.717, 1.165) is 11.1 Å². The number of aromatic nitrogens is 1. The summed E-state index contributed by atoms with van der Waals surface area (Å²) in [5.41, 5.74) is 1.84. The Balaban J connectivity index is 1.70. The molecule has 1 amide bonds. The Bertz CT molecular complexity index is 1040. The third-order valence-electron chi connectivity index (χ3n) is 5.29. The highest BCUT2D eigenvalue weighted by molar-refractivity contribution is 5.71. The second-order valence-electron chi connectivity index (χ2n) is 7.25. The minimum Gasteiger partial charge on any atom is -0.446 e. The fourth-order valence-corrected chi connectivity index (χ4v) is 3.68. The summed E-state index contributed by atoms with van der Waals surface area (Å²) in [4.78, 5) is 26.6. The molecule has 2 aromatic carbocycles. The van der Waals surface area contributed by atoms with Crippen LogP contribution in [0.5, 0.6) is 0 Å². The van der Waals surface area contributed by atoms with Crippen molar-refractivity contribution in [1.29, 1.82) is 0 Å². The van der Waals surface area contributed by atoms with Crippen molar-refractivity contribution in [3.8, 4) is 0 Å². The Morgan fingerprint density at radius 1 is 0.929 bits per heavy atom. The largest absolute Gasteiger partial charge is 0.446 e. The first-order valence-electron chi connectivity index (χ1n) is 9.22. The maximum atomic E-state index is 12.6. The quantitative estimate of drug-likeness (QED) is 0.680. The van der Waals surface area contributed by atoms with Crippen molar-refractivity contribution in [2.45, 2.75) is 32.5 Å². The second kappa shape index (κ2) is 7.03. The van der Waals surface area contributed by atoms with Crippen LogP contribution in [0.4, 0.5) is 4.79 Å². The van der Waals surface area contributed by atoms with Gasteiger partial charge in [-0.2, -0.15) is 0 Å². The zero-order chi connectivity index (χ0) is 19.7. The van der Waals surface area contributed by atoms with E-state index >= 15 is 0 Å². The van der Waals surface area contributed by atoms with E-state index in [1.165, 1.54) is 0 Å². The van der Waals surface area contributed by atoms with Gasteiger partial charge in [0, 0.05) is 0 Å². The number of cyclic esters (lactones) is 1. The monoisotopic (exact) mass is 378 g/mol. The van der Waals surface area contributed by atoms with Crippen molar-refractivity contribution >= 4 is 6.09 Å². The van der Waals surface area contributed by atoms with Gasteiger partial charge in [0.2, 0.25) is 0 Å². The smallest absolute Gasteiger partial charge is 0.419 e. The molecule has 1 aromatic heterocycles. The number of carbonyl (C=O) groups is 1. The highest BCUT2D eigenvalue weighted by atomic mass is 16.6. The van der Waals surface area contributed by atoms with E-state index in [9.17, 15) is 9.59 Å². The van der Waals surface area contributed by atoms with E-state index in [-0.39, 0.29) is 6.61 Å². The summed E-state index contributed by atoms with van der Waals surface area (Å²) in [6.45, 7) is 4.65. The van der Waals surface area contributed by atoms with E-state index in [1.54, 1.807) is 9.47 Å². The first kappa shape index (κ1) is 18.1. The molecule has 2 heterocycles. The Morgan fingerprint density at radius 3 is 2.11 bits per heavy atom. The molecule has 1 saturated heterocycles. The van der Waals surface area contributed by atoms with Gasteiger partial charge in [-0.05, 0) is 25.0 Å². The van der Waals surface area contributed by atoms with Crippen LogP contribution in [0.3, 0.4) is 0 Å². The molecule has 1 aliphatic rings. The number of benzene rings is 2. The number of nitrogens with zero attached hydrogens (tertiary/aromatic N) is 2. The van der Waals surface area contributed by atoms with Crippen molar-refractivity contribution in [2.75, 3.05) is 6.61 Å². The fraction of sp³-hybridized carbons (Fsp3) is 0.273. The lowest BCUT2D eigenvalue weighted by molar-refractivity contribution is 0.139. The van der Waals surface area contributed by atoms with Crippen LogP contribution < -0.4 is 5.76 Å². The van der Waals surface area contributed by atoms with Gasteiger partial charge in [-0.3, -0.25) is 9.47 Å². The van der Waals surface area contributed by atoms with Crippen LogP contribution in [0.25, 0.3) is 0 Å². The molecule has 0 radical (unpaired) electrons. The summed E-state index contributed by atoms with van der Waals surface area (Å²) in [7, 11) is 0. The Kier molecular flexibility index (Phi) is 4.55. The van der Waals surface area contributed by atoms with Gasteiger partial charge < -0.3 is 9.15 Å². The van der Waals surface area contributed by atoms with Crippen molar-refractivity contribution in [2.24, 2.45) is 0 Å². The van der Waals surface area contributed by atoms with Gasteiger partial charge in [0.25, 0.3) is 0 Å². The Labute approximate surface area is 163 Å². The standard InChI is InChI=1S/C22H22N2O4/c1-16-19(28-20(25)23(16)13-17-9-5-3-6-10-17)22(2)15-27-21(26)24(22)14-18-11-7-4-8-12-18/h3-12H,13-15H2,1-2H3. The summed E-state index contributed by atoms with van der Waals surface area (Å²) in [5.74, 6) is 0.0341. The summed E-state index contributed by atoms with van der Waals surface area (Å²) in [5, 5.41) is 0. The third kappa shape index (κ3) is 3.11. The molecule has 0 spiro atoms. The molecule has 4 rings (SSSR count). The molecule has 6 heteroatoms. The van der Waals surface area contributed by atoms with Gasteiger partial charge in [-0.15, -0.1) is 0 Å². The maximum absolute atomic E-state index is 12.6. The van der Waals surface area contributed by atoms with Crippen molar-refractivity contribution in [3.63, 3.8) is 0 Å². The molecule has 28 heavy (non-hydrogen) atoms. The van der Waals surface area contributed by atoms with Crippen molar-refractivity contribution in [3.05, 3.63) is 93.8 Å². The fourth-order valence-electron chi connectivity index (χ4n) is 3.68. The number of hydrogen-bond donors (Lipinski definition) is 0. The average molecular weight is 378 g/mol. The number of rotatable bonds is 5. The summed E-state index contributed by atoms with van der Waals surface area (Å²) >= 11 is 0. The number of oxazole rings is 1. The van der Waals surface area contributed by atoms with Crippen LogP contribution in [-0.2, 0) is 23.4 Å².